The lowest BCUT2D eigenvalue weighted by Crippen LogP contribution is -2.44. The maximum Gasteiger partial charge on any atom is 0.311 e. The molecule has 0 aliphatic heterocycles. The van der Waals surface area contributed by atoms with Crippen LogP contribution in [0.1, 0.15) is 117 Å². The molecule has 5 unspecified atom stereocenters. The molecule has 2 fully saturated rings. The van der Waals surface area contributed by atoms with E-state index in [-0.39, 0.29) is 11.4 Å². The van der Waals surface area contributed by atoms with Crippen molar-refractivity contribution >= 4 is 11.8 Å². The molecule has 204 valence electrons. The fourth-order valence-corrected chi connectivity index (χ4v) is 6.90. The smallest absolute Gasteiger partial charge is 0.311 e. The van der Waals surface area contributed by atoms with Crippen LogP contribution in [0.3, 0.4) is 0 Å². The average Bonchev–Trinajstić information content (AvgIpc) is 3.14. The number of ether oxygens (including phenoxy) is 2. The van der Waals surface area contributed by atoms with E-state index in [4.69, 9.17) is 9.47 Å². The van der Waals surface area contributed by atoms with Gasteiger partial charge in [0.05, 0.1) is 19.1 Å². The molecule has 0 bridgehead atoms. The van der Waals surface area contributed by atoms with Gasteiger partial charge < -0.3 is 9.47 Å². The normalized spacial score (nSPS) is 28.3. The lowest BCUT2D eigenvalue weighted by atomic mass is 9.54. The zero-order chi connectivity index (χ0) is 27.1. The van der Waals surface area contributed by atoms with Gasteiger partial charge in [0, 0.05) is 11.8 Å². The lowest BCUT2D eigenvalue weighted by Gasteiger charge is -2.50. The van der Waals surface area contributed by atoms with Crippen LogP contribution in [0.4, 0.5) is 0 Å². The number of fused-ring (bicyclic) bond motifs is 5. The SMILES string of the molecule is CC.CC.COc1ccc2c(c1)CCC1C2CCC2(C)C(=O)CC(CCCCOC(=O)C(C)(C)C)C12. The molecule has 0 saturated heterocycles. The van der Waals surface area contributed by atoms with Gasteiger partial charge in [0.1, 0.15) is 11.5 Å². The Hall–Kier alpha value is -1.84. The Kier molecular flexibility index (Phi) is 11.1. The second kappa shape index (κ2) is 13.1. The van der Waals surface area contributed by atoms with Crippen molar-refractivity contribution in [3.8, 4) is 5.75 Å². The van der Waals surface area contributed by atoms with Gasteiger partial charge in [-0.05, 0) is 113 Å². The Morgan fingerprint density at radius 3 is 2.42 bits per heavy atom. The molecule has 3 aliphatic carbocycles. The van der Waals surface area contributed by atoms with E-state index in [0.29, 0.717) is 36.1 Å². The third-order valence-electron chi connectivity index (χ3n) is 8.59. The summed E-state index contributed by atoms with van der Waals surface area (Å²) >= 11 is 0. The highest BCUT2D eigenvalue weighted by atomic mass is 16.5. The first-order chi connectivity index (χ1) is 17.1. The highest BCUT2D eigenvalue weighted by Crippen LogP contribution is 2.62. The highest BCUT2D eigenvalue weighted by Gasteiger charge is 2.58. The molecule has 4 nitrogen and oxygen atoms in total. The topological polar surface area (TPSA) is 52.6 Å². The number of carbonyl (C=O) groups excluding carboxylic acids is 2. The zero-order valence-corrected chi connectivity index (χ0v) is 24.5. The van der Waals surface area contributed by atoms with E-state index in [1.165, 1.54) is 17.5 Å². The first-order valence-electron chi connectivity index (χ1n) is 14.5. The largest absolute Gasteiger partial charge is 0.497 e. The molecule has 4 heteroatoms. The maximum absolute atomic E-state index is 13.1. The molecule has 1 aromatic carbocycles. The van der Waals surface area contributed by atoms with Crippen molar-refractivity contribution in [3.63, 3.8) is 0 Å². The van der Waals surface area contributed by atoms with Crippen LogP contribution in [0.5, 0.6) is 5.75 Å². The molecule has 2 saturated carbocycles. The number of esters is 1. The van der Waals surface area contributed by atoms with Crippen LogP contribution in [0.25, 0.3) is 0 Å². The first kappa shape index (κ1) is 30.4. The van der Waals surface area contributed by atoms with Crippen LogP contribution in [-0.4, -0.2) is 25.5 Å². The van der Waals surface area contributed by atoms with Crippen LogP contribution in [0.2, 0.25) is 0 Å². The molecule has 0 amide bonds. The number of hydrogen-bond acceptors (Lipinski definition) is 4. The van der Waals surface area contributed by atoms with Crippen LogP contribution < -0.4 is 4.74 Å². The Bertz CT molecular complexity index is 867. The number of hydrogen-bond donors (Lipinski definition) is 0. The van der Waals surface area contributed by atoms with Crippen molar-refractivity contribution in [2.75, 3.05) is 13.7 Å². The van der Waals surface area contributed by atoms with Gasteiger partial charge in [-0.3, -0.25) is 9.59 Å². The van der Waals surface area contributed by atoms with E-state index in [1.54, 1.807) is 7.11 Å². The van der Waals surface area contributed by atoms with Gasteiger partial charge >= 0.3 is 5.97 Å². The minimum absolute atomic E-state index is 0.131. The minimum atomic E-state index is -0.446. The van der Waals surface area contributed by atoms with Crippen molar-refractivity contribution in [1.82, 2.24) is 0 Å². The third kappa shape index (κ3) is 6.34. The summed E-state index contributed by atoms with van der Waals surface area (Å²) in [7, 11) is 1.73. The quantitative estimate of drug-likeness (QED) is 0.292. The summed E-state index contributed by atoms with van der Waals surface area (Å²) < 4.78 is 10.9. The van der Waals surface area contributed by atoms with Crippen LogP contribution in [0.15, 0.2) is 18.2 Å². The highest BCUT2D eigenvalue weighted by molar-refractivity contribution is 5.87. The summed E-state index contributed by atoms with van der Waals surface area (Å²) in [6.07, 6.45) is 8.11. The van der Waals surface area contributed by atoms with Crippen molar-refractivity contribution < 1.29 is 19.1 Å². The summed E-state index contributed by atoms with van der Waals surface area (Å²) in [4.78, 5) is 25.1. The van der Waals surface area contributed by atoms with E-state index in [0.717, 1.165) is 50.7 Å². The number of rotatable bonds is 6. The molecule has 0 heterocycles. The van der Waals surface area contributed by atoms with Crippen molar-refractivity contribution in [1.29, 1.82) is 0 Å². The minimum Gasteiger partial charge on any atom is -0.497 e. The molecule has 1 aromatic rings. The number of carbonyl (C=O) groups is 2. The zero-order valence-electron chi connectivity index (χ0n) is 24.5. The summed E-state index contributed by atoms with van der Waals surface area (Å²) in [6.45, 7) is 16.4. The number of aryl methyl sites for hydroxylation is 1. The van der Waals surface area contributed by atoms with E-state index >= 15 is 0 Å². The average molecular weight is 501 g/mol. The lowest BCUT2D eigenvalue weighted by molar-refractivity contribution is -0.153. The molecule has 36 heavy (non-hydrogen) atoms. The summed E-state index contributed by atoms with van der Waals surface area (Å²) in [5.41, 5.74) is 2.35. The monoisotopic (exact) mass is 500 g/mol. The first-order valence-corrected chi connectivity index (χ1v) is 14.5. The Morgan fingerprint density at radius 1 is 1.08 bits per heavy atom. The molecule has 0 spiro atoms. The van der Waals surface area contributed by atoms with Gasteiger partial charge in [-0.15, -0.1) is 0 Å². The van der Waals surface area contributed by atoms with Gasteiger partial charge in [-0.2, -0.15) is 0 Å². The second-order valence-electron chi connectivity index (χ2n) is 11.6. The molecule has 5 atom stereocenters. The van der Waals surface area contributed by atoms with Gasteiger partial charge in [0.15, 0.2) is 0 Å². The number of methoxy groups -OCH3 is 1. The summed E-state index contributed by atoms with van der Waals surface area (Å²) in [5.74, 6) is 3.44. The molecular formula is C32H52O4. The Balaban J connectivity index is 0.00000109. The predicted octanol–water partition coefficient (Wildman–Crippen LogP) is 8.16. The molecular weight excluding hydrogens is 448 g/mol. The molecule has 4 rings (SSSR count). The summed E-state index contributed by atoms with van der Waals surface area (Å²) in [6, 6.07) is 6.60. The standard InChI is InChI=1S/C28H40O4.2C2H6/c1-27(2,3)26(30)32-15-7-6-8-19-17-24(29)28(4)14-13-22-21-12-10-20(31-5)16-18(21)9-11-23(22)25(19)28;2*1-2/h10,12,16,19,22-23,25H,6-9,11,13-15,17H2,1-5H3;2*1-2H3. The van der Waals surface area contributed by atoms with Crippen LogP contribution >= 0.6 is 0 Å². The Labute approximate surface area is 220 Å². The fourth-order valence-electron chi connectivity index (χ4n) is 6.90. The van der Waals surface area contributed by atoms with Crippen LogP contribution in [0, 0.1) is 28.6 Å². The summed E-state index contributed by atoms with van der Waals surface area (Å²) in [5, 5.41) is 0. The van der Waals surface area contributed by atoms with Crippen LogP contribution in [-0.2, 0) is 20.7 Å². The number of unbranched alkanes of at least 4 members (excludes halogenated alkanes) is 1. The molecule has 0 radical (unpaired) electrons. The number of benzene rings is 1. The third-order valence-corrected chi connectivity index (χ3v) is 8.59. The fraction of sp³-hybridized carbons (Fsp3) is 0.750. The Morgan fingerprint density at radius 2 is 1.78 bits per heavy atom. The van der Waals surface area contributed by atoms with Crippen molar-refractivity contribution in [2.45, 2.75) is 113 Å². The predicted molar refractivity (Wildman–Crippen MR) is 148 cm³/mol. The van der Waals surface area contributed by atoms with Gasteiger partial charge in [-0.1, -0.05) is 40.7 Å². The van der Waals surface area contributed by atoms with Gasteiger partial charge in [0.25, 0.3) is 0 Å². The van der Waals surface area contributed by atoms with Gasteiger partial charge in [0.2, 0.25) is 0 Å². The van der Waals surface area contributed by atoms with E-state index in [1.807, 2.05) is 48.5 Å². The molecule has 0 N–H and O–H groups in total. The van der Waals surface area contributed by atoms with E-state index in [9.17, 15) is 9.59 Å². The number of ketones is 1. The van der Waals surface area contributed by atoms with Gasteiger partial charge in [-0.25, -0.2) is 0 Å². The van der Waals surface area contributed by atoms with E-state index in [2.05, 4.69) is 25.1 Å². The number of Topliss-reactive ketones (excluding diaryl/α,β-unsaturated/α-hetero) is 1. The maximum atomic E-state index is 13.1. The van der Waals surface area contributed by atoms with E-state index < -0.39 is 5.41 Å². The molecule has 3 aliphatic rings. The molecule has 0 aromatic heterocycles. The van der Waals surface area contributed by atoms with Crippen molar-refractivity contribution in [2.24, 2.45) is 28.6 Å². The second-order valence-corrected chi connectivity index (χ2v) is 11.6. The van der Waals surface area contributed by atoms with Crippen molar-refractivity contribution in [3.05, 3.63) is 29.3 Å².